The number of piperidine rings is 1. The first kappa shape index (κ1) is 13.4. The molecule has 4 heteroatoms. The molecule has 1 aromatic rings. The summed E-state index contributed by atoms with van der Waals surface area (Å²) in [5.41, 5.74) is 1.19. The van der Waals surface area contributed by atoms with Gasteiger partial charge in [-0.3, -0.25) is 9.69 Å². The molecule has 1 heterocycles. The molecule has 2 rings (SSSR count). The van der Waals surface area contributed by atoms with Crippen LogP contribution in [-0.4, -0.2) is 31.1 Å². The Labute approximate surface area is 113 Å². The lowest BCUT2D eigenvalue weighted by molar-refractivity contribution is -0.147. The molecule has 0 aliphatic carbocycles. The van der Waals surface area contributed by atoms with E-state index in [9.17, 15) is 4.79 Å². The van der Waals surface area contributed by atoms with Gasteiger partial charge < -0.3 is 4.74 Å². The molecule has 0 N–H and O–H groups in total. The summed E-state index contributed by atoms with van der Waals surface area (Å²) in [5, 5.41) is 0.758. The Morgan fingerprint density at radius 1 is 1.56 bits per heavy atom. The maximum absolute atomic E-state index is 11.5. The second kappa shape index (κ2) is 6.21. The van der Waals surface area contributed by atoms with Gasteiger partial charge in [-0.05, 0) is 37.1 Å². The molecule has 1 aromatic carbocycles. The normalized spacial score (nSPS) is 20.7. The summed E-state index contributed by atoms with van der Waals surface area (Å²) < 4.78 is 4.82. The summed E-state index contributed by atoms with van der Waals surface area (Å²) in [4.78, 5) is 13.8. The monoisotopic (exact) mass is 267 g/mol. The van der Waals surface area contributed by atoms with Crippen molar-refractivity contribution in [1.29, 1.82) is 0 Å². The summed E-state index contributed by atoms with van der Waals surface area (Å²) >= 11 is 5.97. The third kappa shape index (κ3) is 3.47. The lowest BCUT2D eigenvalue weighted by atomic mass is 9.98. The van der Waals surface area contributed by atoms with Crippen LogP contribution in [0.2, 0.25) is 5.02 Å². The van der Waals surface area contributed by atoms with Crippen LogP contribution in [0.4, 0.5) is 0 Å². The van der Waals surface area contributed by atoms with Gasteiger partial charge in [0.1, 0.15) is 0 Å². The number of benzene rings is 1. The van der Waals surface area contributed by atoms with Crippen LogP contribution in [0.25, 0.3) is 0 Å². The summed E-state index contributed by atoms with van der Waals surface area (Å²) in [6.45, 7) is 2.65. The van der Waals surface area contributed by atoms with Gasteiger partial charge in [0.2, 0.25) is 0 Å². The molecule has 0 radical (unpaired) electrons. The first-order valence-corrected chi connectivity index (χ1v) is 6.61. The van der Waals surface area contributed by atoms with E-state index in [2.05, 4.69) is 11.0 Å². The Kier molecular flexibility index (Phi) is 4.61. The fourth-order valence-corrected chi connectivity index (χ4v) is 2.66. The van der Waals surface area contributed by atoms with E-state index in [1.165, 1.54) is 12.7 Å². The van der Waals surface area contributed by atoms with Crippen molar-refractivity contribution in [3.8, 4) is 0 Å². The van der Waals surface area contributed by atoms with Crippen molar-refractivity contribution < 1.29 is 9.53 Å². The molecular weight excluding hydrogens is 250 g/mol. The average Bonchev–Trinajstić information content (AvgIpc) is 2.38. The van der Waals surface area contributed by atoms with E-state index >= 15 is 0 Å². The minimum absolute atomic E-state index is 0.0166. The first-order chi connectivity index (χ1) is 8.69. The van der Waals surface area contributed by atoms with E-state index in [-0.39, 0.29) is 11.9 Å². The van der Waals surface area contributed by atoms with Gasteiger partial charge in [-0.1, -0.05) is 23.7 Å². The van der Waals surface area contributed by atoms with Crippen LogP contribution in [0.1, 0.15) is 18.4 Å². The number of rotatable bonds is 3. The maximum atomic E-state index is 11.5. The molecule has 18 heavy (non-hydrogen) atoms. The van der Waals surface area contributed by atoms with Crippen LogP contribution in [0.15, 0.2) is 24.3 Å². The van der Waals surface area contributed by atoms with Crippen molar-refractivity contribution in [1.82, 2.24) is 4.90 Å². The van der Waals surface area contributed by atoms with Crippen molar-refractivity contribution in [2.45, 2.75) is 19.4 Å². The molecule has 0 saturated carbocycles. The quantitative estimate of drug-likeness (QED) is 0.789. The van der Waals surface area contributed by atoms with E-state index in [1.54, 1.807) is 0 Å². The maximum Gasteiger partial charge on any atom is 0.309 e. The Morgan fingerprint density at radius 2 is 2.39 bits per heavy atom. The number of carbonyl (C=O) groups is 1. The number of hydrogen-bond acceptors (Lipinski definition) is 3. The highest BCUT2D eigenvalue weighted by Crippen LogP contribution is 2.20. The van der Waals surface area contributed by atoms with Crippen LogP contribution < -0.4 is 0 Å². The van der Waals surface area contributed by atoms with Crippen molar-refractivity contribution in [3.63, 3.8) is 0 Å². The number of halogens is 1. The SMILES string of the molecule is COC(=O)C1CCCN(Cc2cccc(Cl)c2)C1. The second-order valence-corrected chi connectivity index (χ2v) is 5.16. The zero-order chi connectivity index (χ0) is 13.0. The predicted octanol–water partition coefficient (Wildman–Crippen LogP) is 2.73. The lowest BCUT2D eigenvalue weighted by Gasteiger charge is -2.31. The number of ether oxygens (including phenoxy) is 1. The van der Waals surface area contributed by atoms with Gasteiger partial charge in [0, 0.05) is 18.1 Å². The molecule has 0 aromatic heterocycles. The highest BCUT2D eigenvalue weighted by atomic mass is 35.5. The van der Waals surface area contributed by atoms with Crippen molar-refractivity contribution in [3.05, 3.63) is 34.9 Å². The molecule has 1 fully saturated rings. The Balaban J connectivity index is 1.95. The molecule has 1 aliphatic rings. The molecule has 0 spiro atoms. The Morgan fingerprint density at radius 3 is 3.11 bits per heavy atom. The molecule has 0 bridgehead atoms. The Hall–Kier alpha value is -1.06. The fourth-order valence-electron chi connectivity index (χ4n) is 2.45. The minimum Gasteiger partial charge on any atom is -0.469 e. The highest BCUT2D eigenvalue weighted by Gasteiger charge is 2.26. The third-order valence-electron chi connectivity index (χ3n) is 3.34. The number of esters is 1. The van der Waals surface area contributed by atoms with Gasteiger partial charge in [0.15, 0.2) is 0 Å². The molecule has 3 nitrogen and oxygen atoms in total. The first-order valence-electron chi connectivity index (χ1n) is 6.23. The predicted molar refractivity (Wildman–Crippen MR) is 71.5 cm³/mol. The summed E-state index contributed by atoms with van der Waals surface area (Å²) in [7, 11) is 1.46. The van der Waals surface area contributed by atoms with Crippen LogP contribution in [0, 0.1) is 5.92 Å². The standard InChI is InChI=1S/C14H18ClNO2/c1-18-14(17)12-5-3-7-16(10-12)9-11-4-2-6-13(15)8-11/h2,4,6,8,12H,3,5,7,9-10H2,1H3. The zero-order valence-corrected chi connectivity index (χ0v) is 11.3. The molecule has 98 valence electrons. The number of carbonyl (C=O) groups excluding carboxylic acids is 1. The summed E-state index contributed by atoms with van der Waals surface area (Å²) in [6.07, 6.45) is 1.97. The van der Waals surface area contributed by atoms with Crippen LogP contribution in [-0.2, 0) is 16.1 Å². The fraction of sp³-hybridized carbons (Fsp3) is 0.500. The summed E-state index contributed by atoms with van der Waals surface area (Å²) in [5.74, 6) is -0.0753. The van der Waals surface area contributed by atoms with E-state index in [4.69, 9.17) is 16.3 Å². The van der Waals surface area contributed by atoms with Gasteiger partial charge in [-0.25, -0.2) is 0 Å². The largest absolute Gasteiger partial charge is 0.469 e. The third-order valence-corrected chi connectivity index (χ3v) is 3.57. The summed E-state index contributed by atoms with van der Waals surface area (Å²) in [6, 6.07) is 7.87. The molecule has 1 aliphatic heterocycles. The van der Waals surface area contributed by atoms with Gasteiger partial charge in [-0.15, -0.1) is 0 Å². The molecular formula is C14H18ClNO2. The lowest BCUT2D eigenvalue weighted by Crippen LogP contribution is -2.38. The van der Waals surface area contributed by atoms with Crippen molar-refractivity contribution >= 4 is 17.6 Å². The van der Waals surface area contributed by atoms with Crippen molar-refractivity contribution in [2.75, 3.05) is 20.2 Å². The van der Waals surface area contributed by atoms with Gasteiger partial charge in [-0.2, -0.15) is 0 Å². The van der Waals surface area contributed by atoms with Gasteiger partial charge >= 0.3 is 5.97 Å². The average molecular weight is 268 g/mol. The molecule has 1 saturated heterocycles. The van der Waals surface area contributed by atoms with Gasteiger partial charge in [0.05, 0.1) is 13.0 Å². The Bertz CT molecular complexity index is 422. The van der Waals surface area contributed by atoms with E-state index in [1.807, 2.05) is 18.2 Å². The number of hydrogen-bond donors (Lipinski definition) is 0. The molecule has 1 unspecified atom stereocenters. The van der Waals surface area contributed by atoms with Gasteiger partial charge in [0.25, 0.3) is 0 Å². The van der Waals surface area contributed by atoms with E-state index < -0.39 is 0 Å². The smallest absolute Gasteiger partial charge is 0.309 e. The van der Waals surface area contributed by atoms with Crippen LogP contribution in [0.3, 0.4) is 0 Å². The number of methoxy groups -OCH3 is 1. The van der Waals surface area contributed by atoms with E-state index in [0.717, 1.165) is 37.5 Å². The molecule has 1 atom stereocenters. The number of nitrogens with zero attached hydrogens (tertiary/aromatic N) is 1. The minimum atomic E-state index is -0.0919. The second-order valence-electron chi connectivity index (χ2n) is 4.73. The molecule has 0 amide bonds. The number of likely N-dealkylation sites (tertiary alicyclic amines) is 1. The van der Waals surface area contributed by atoms with Crippen molar-refractivity contribution in [2.24, 2.45) is 5.92 Å². The zero-order valence-electron chi connectivity index (χ0n) is 10.6. The van der Waals surface area contributed by atoms with Crippen LogP contribution in [0.5, 0.6) is 0 Å². The van der Waals surface area contributed by atoms with Crippen LogP contribution >= 0.6 is 11.6 Å². The highest BCUT2D eigenvalue weighted by molar-refractivity contribution is 6.30. The topological polar surface area (TPSA) is 29.5 Å². The van der Waals surface area contributed by atoms with E-state index in [0.29, 0.717) is 0 Å².